The van der Waals surface area contributed by atoms with Gasteiger partial charge < -0.3 is 10.1 Å². The number of ether oxygens (including phenoxy) is 1. The van der Waals surface area contributed by atoms with Crippen LogP contribution in [0.15, 0.2) is 48.5 Å². The predicted molar refractivity (Wildman–Crippen MR) is 111 cm³/mol. The number of hydrogen-bond donors (Lipinski definition) is 1. The predicted octanol–water partition coefficient (Wildman–Crippen LogP) is 4.54. The van der Waals surface area contributed by atoms with E-state index in [-0.39, 0.29) is 17.6 Å². The van der Waals surface area contributed by atoms with E-state index in [9.17, 15) is 19.7 Å². The molecule has 1 N–H and O–H groups in total. The maximum absolute atomic E-state index is 12.3. The molecular formula is C21H20N2O5S. The fourth-order valence-corrected chi connectivity index (χ4v) is 3.84. The van der Waals surface area contributed by atoms with Gasteiger partial charge in [0.1, 0.15) is 4.88 Å². The van der Waals surface area contributed by atoms with E-state index in [1.807, 2.05) is 38.1 Å². The van der Waals surface area contributed by atoms with Crippen molar-refractivity contribution in [3.63, 3.8) is 0 Å². The lowest BCUT2D eigenvalue weighted by Gasteiger charge is -2.17. The SMILES string of the molecule is CC[C@@H](NC(=O)COC(=O)c1cc2cc([N+](=O)[O-])ccc2s1)c1ccc(C)cc1. The Morgan fingerprint density at radius 1 is 1.17 bits per heavy atom. The number of carbonyl (C=O) groups is 2. The molecule has 0 unspecified atom stereocenters. The van der Waals surface area contributed by atoms with Crippen molar-refractivity contribution in [2.24, 2.45) is 0 Å². The Hall–Kier alpha value is -3.26. The molecule has 0 saturated carbocycles. The summed E-state index contributed by atoms with van der Waals surface area (Å²) < 4.78 is 5.86. The van der Waals surface area contributed by atoms with Crippen molar-refractivity contribution in [2.75, 3.05) is 6.61 Å². The Kier molecular flexibility index (Phi) is 6.23. The van der Waals surface area contributed by atoms with Gasteiger partial charge in [-0.1, -0.05) is 36.8 Å². The van der Waals surface area contributed by atoms with Gasteiger partial charge in [0.05, 0.1) is 11.0 Å². The molecule has 3 rings (SSSR count). The summed E-state index contributed by atoms with van der Waals surface area (Å²) in [5.41, 5.74) is 2.08. The second-order valence-corrected chi connectivity index (χ2v) is 7.69. The zero-order chi connectivity index (χ0) is 21.0. The first-order chi connectivity index (χ1) is 13.9. The molecule has 7 nitrogen and oxygen atoms in total. The Morgan fingerprint density at radius 2 is 1.90 bits per heavy atom. The second-order valence-electron chi connectivity index (χ2n) is 6.61. The lowest BCUT2D eigenvalue weighted by molar-refractivity contribution is -0.384. The fraction of sp³-hybridized carbons (Fsp3) is 0.238. The van der Waals surface area contributed by atoms with Crippen LogP contribution < -0.4 is 5.32 Å². The number of amides is 1. The molecule has 0 fully saturated rings. The van der Waals surface area contributed by atoms with E-state index in [1.54, 1.807) is 6.07 Å². The number of rotatable bonds is 7. The smallest absolute Gasteiger partial charge is 0.348 e. The summed E-state index contributed by atoms with van der Waals surface area (Å²) in [5, 5.41) is 14.3. The number of esters is 1. The Balaban J connectivity index is 1.60. The number of aryl methyl sites for hydroxylation is 1. The highest BCUT2D eigenvalue weighted by atomic mass is 32.1. The minimum atomic E-state index is -0.632. The molecule has 0 spiro atoms. The van der Waals surface area contributed by atoms with Gasteiger partial charge in [-0.25, -0.2) is 4.79 Å². The van der Waals surface area contributed by atoms with Crippen molar-refractivity contribution >= 4 is 39.0 Å². The van der Waals surface area contributed by atoms with Crippen molar-refractivity contribution in [1.82, 2.24) is 5.32 Å². The van der Waals surface area contributed by atoms with E-state index in [0.29, 0.717) is 16.7 Å². The third-order valence-electron chi connectivity index (χ3n) is 4.47. The second kappa shape index (κ2) is 8.83. The molecular weight excluding hydrogens is 392 g/mol. The molecule has 0 bridgehead atoms. The quantitative estimate of drug-likeness (QED) is 0.349. The topological polar surface area (TPSA) is 98.5 Å². The molecule has 0 saturated heterocycles. The largest absolute Gasteiger partial charge is 0.451 e. The third-order valence-corrected chi connectivity index (χ3v) is 5.57. The van der Waals surface area contributed by atoms with Gasteiger partial charge in [0.2, 0.25) is 0 Å². The van der Waals surface area contributed by atoms with Crippen LogP contribution in [0.25, 0.3) is 10.1 Å². The number of nitro benzene ring substituents is 1. The molecule has 0 aliphatic carbocycles. The molecule has 2 aromatic carbocycles. The zero-order valence-electron chi connectivity index (χ0n) is 16.0. The van der Waals surface area contributed by atoms with Gasteiger partial charge in [-0.3, -0.25) is 14.9 Å². The minimum Gasteiger partial charge on any atom is -0.451 e. The number of carbonyl (C=O) groups excluding carboxylic acids is 2. The third kappa shape index (κ3) is 4.97. The van der Waals surface area contributed by atoms with E-state index in [0.717, 1.165) is 15.8 Å². The Bertz CT molecular complexity index is 1060. The molecule has 0 radical (unpaired) electrons. The van der Waals surface area contributed by atoms with Crippen LogP contribution in [0, 0.1) is 17.0 Å². The van der Waals surface area contributed by atoms with Crippen molar-refractivity contribution in [3.05, 3.63) is 74.6 Å². The number of nitrogens with zero attached hydrogens (tertiary/aromatic N) is 1. The lowest BCUT2D eigenvalue weighted by Crippen LogP contribution is -2.32. The molecule has 8 heteroatoms. The monoisotopic (exact) mass is 412 g/mol. The first-order valence-corrected chi connectivity index (χ1v) is 9.90. The highest BCUT2D eigenvalue weighted by molar-refractivity contribution is 7.20. The average Bonchev–Trinajstić information content (AvgIpc) is 3.14. The summed E-state index contributed by atoms with van der Waals surface area (Å²) >= 11 is 1.17. The van der Waals surface area contributed by atoms with Gasteiger partial charge in [0.15, 0.2) is 6.61 Å². The van der Waals surface area contributed by atoms with Gasteiger partial charge >= 0.3 is 5.97 Å². The summed E-state index contributed by atoms with van der Waals surface area (Å²) in [4.78, 5) is 35.2. The Morgan fingerprint density at radius 3 is 2.55 bits per heavy atom. The Labute approximate surface area is 171 Å². The first kappa shape index (κ1) is 20.5. The number of fused-ring (bicyclic) bond motifs is 1. The van der Waals surface area contributed by atoms with E-state index in [2.05, 4.69) is 5.32 Å². The summed E-state index contributed by atoms with van der Waals surface area (Å²) in [5.74, 6) is -1.02. The zero-order valence-corrected chi connectivity index (χ0v) is 16.8. The van der Waals surface area contributed by atoms with E-state index in [4.69, 9.17) is 4.74 Å². The number of nitrogens with one attached hydrogen (secondary N) is 1. The molecule has 150 valence electrons. The molecule has 0 aliphatic heterocycles. The number of hydrogen-bond acceptors (Lipinski definition) is 6. The van der Waals surface area contributed by atoms with Gasteiger partial charge in [-0.2, -0.15) is 0 Å². The van der Waals surface area contributed by atoms with Crippen LogP contribution in [0.5, 0.6) is 0 Å². The van der Waals surface area contributed by atoms with Crippen LogP contribution in [0.2, 0.25) is 0 Å². The number of benzene rings is 2. The summed E-state index contributed by atoms with van der Waals surface area (Å²) in [6.07, 6.45) is 0.706. The highest BCUT2D eigenvalue weighted by Gasteiger charge is 2.17. The van der Waals surface area contributed by atoms with Crippen LogP contribution in [-0.2, 0) is 9.53 Å². The molecule has 1 aromatic heterocycles. The van der Waals surface area contributed by atoms with Crippen molar-refractivity contribution in [1.29, 1.82) is 0 Å². The van der Waals surface area contributed by atoms with Crippen LogP contribution in [0.1, 0.15) is 40.2 Å². The van der Waals surface area contributed by atoms with E-state index in [1.165, 1.54) is 29.5 Å². The molecule has 3 aromatic rings. The maximum atomic E-state index is 12.3. The molecule has 1 heterocycles. The molecule has 1 atom stereocenters. The van der Waals surface area contributed by atoms with Crippen LogP contribution >= 0.6 is 11.3 Å². The van der Waals surface area contributed by atoms with Gasteiger partial charge in [-0.15, -0.1) is 11.3 Å². The normalized spacial score (nSPS) is 11.8. The average molecular weight is 412 g/mol. The van der Waals surface area contributed by atoms with Crippen molar-refractivity contribution < 1.29 is 19.2 Å². The van der Waals surface area contributed by atoms with Crippen LogP contribution in [-0.4, -0.2) is 23.4 Å². The molecule has 1 amide bonds. The summed E-state index contributed by atoms with van der Waals surface area (Å²) in [7, 11) is 0. The summed E-state index contributed by atoms with van der Waals surface area (Å²) in [6.45, 7) is 3.57. The van der Waals surface area contributed by atoms with Gasteiger partial charge in [0, 0.05) is 22.2 Å². The summed E-state index contributed by atoms with van der Waals surface area (Å²) in [6, 6.07) is 13.7. The minimum absolute atomic E-state index is 0.0451. The number of non-ortho nitro benzene ring substituents is 1. The van der Waals surface area contributed by atoms with Crippen LogP contribution in [0.3, 0.4) is 0 Å². The van der Waals surface area contributed by atoms with Crippen molar-refractivity contribution in [2.45, 2.75) is 26.3 Å². The highest BCUT2D eigenvalue weighted by Crippen LogP contribution is 2.29. The van der Waals surface area contributed by atoms with Crippen LogP contribution in [0.4, 0.5) is 5.69 Å². The van der Waals surface area contributed by atoms with Crippen molar-refractivity contribution in [3.8, 4) is 0 Å². The van der Waals surface area contributed by atoms with Gasteiger partial charge in [0.25, 0.3) is 11.6 Å². The molecule has 0 aliphatic rings. The first-order valence-electron chi connectivity index (χ1n) is 9.08. The van der Waals surface area contributed by atoms with Gasteiger partial charge in [-0.05, 0) is 31.0 Å². The lowest BCUT2D eigenvalue weighted by atomic mass is 10.0. The fourth-order valence-electron chi connectivity index (χ4n) is 2.90. The van der Waals surface area contributed by atoms with E-state index >= 15 is 0 Å². The number of thiophene rings is 1. The maximum Gasteiger partial charge on any atom is 0.348 e. The standard InChI is InChI=1S/C21H20N2O5S/c1-3-17(14-6-4-13(2)5-7-14)22-20(24)12-28-21(25)19-11-15-10-16(23(26)27)8-9-18(15)29-19/h4-11,17H,3,12H2,1-2H3,(H,22,24)/t17-/m1/s1. The van der Waals surface area contributed by atoms with E-state index < -0.39 is 17.5 Å². The number of nitro groups is 1. The molecule has 29 heavy (non-hydrogen) atoms.